The molecule has 2 fully saturated rings. The van der Waals surface area contributed by atoms with Crippen molar-refractivity contribution in [3.05, 3.63) is 42.0 Å². The van der Waals surface area contributed by atoms with Gasteiger partial charge in [-0.25, -0.2) is 9.97 Å². The van der Waals surface area contributed by atoms with Gasteiger partial charge in [-0.1, -0.05) is 0 Å². The Labute approximate surface area is 133 Å². The molecule has 6 nitrogen and oxygen atoms in total. The summed E-state index contributed by atoms with van der Waals surface area (Å²) in [5.74, 6) is 0.908. The van der Waals surface area contributed by atoms with Crippen LogP contribution in [0.4, 0.5) is 4.39 Å². The van der Waals surface area contributed by atoms with Crippen LogP contribution in [0.5, 0.6) is 0 Å². The van der Waals surface area contributed by atoms with E-state index in [9.17, 15) is 4.39 Å². The topological polar surface area (TPSA) is 58.3 Å². The minimum atomic E-state index is -0.488. The summed E-state index contributed by atoms with van der Waals surface area (Å²) in [6.45, 7) is 0.712. The molecule has 2 aliphatic carbocycles. The molecule has 5 rings (SSSR count). The van der Waals surface area contributed by atoms with Crippen LogP contribution in [0.25, 0.3) is 5.69 Å². The SMILES string of the molecule is Fc1ncc(C2=NNCN2C2CC2)cc1-n1cnc(C2CC2)c1. The number of hydrogen-bond acceptors (Lipinski definition) is 5. The van der Waals surface area contributed by atoms with E-state index < -0.39 is 5.95 Å². The summed E-state index contributed by atoms with van der Waals surface area (Å²) in [6, 6.07) is 2.36. The van der Waals surface area contributed by atoms with Crippen molar-refractivity contribution in [2.24, 2.45) is 5.10 Å². The van der Waals surface area contributed by atoms with Crippen molar-refractivity contribution >= 4 is 5.84 Å². The molecule has 7 heteroatoms. The lowest BCUT2D eigenvalue weighted by molar-refractivity contribution is 0.416. The molecule has 3 heterocycles. The second kappa shape index (κ2) is 4.78. The van der Waals surface area contributed by atoms with Crippen LogP contribution in [0.3, 0.4) is 0 Å². The van der Waals surface area contributed by atoms with Crippen LogP contribution in [0.15, 0.2) is 29.9 Å². The Balaban J connectivity index is 1.51. The minimum absolute atomic E-state index is 0.423. The monoisotopic (exact) mass is 312 g/mol. The Morgan fingerprint density at radius 2 is 2.04 bits per heavy atom. The third kappa shape index (κ3) is 2.27. The summed E-state index contributed by atoms with van der Waals surface area (Å²) in [6.07, 6.45) is 9.87. The van der Waals surface area contributed by atoms with E-state index in [0.29, 0.717) is 24.3 Å². The first kappa shape index (κ1) is 13.0. The van der Waals surface area contributed by atoms with Crippen molar-refractivity contribution in [3.8, 4) is 5.69 Å². The number of halogens is 1. The van der Waals surface area contributed by atoms with Gasteiger partial charge in [-0.05, 0) is 31.7 Å². The largest absolute Gasteiger partial charge is 0.333 e. The summed E-state index contributed by atoms with van der Waals surface area (Å²) in [4.78, 5) is 10.5. The van der Waals surface area contributed by atoms with E-state index in [4.69, 9.17) is 0 Å². The van der Waals surface area contributed by atoms with Gasteiger partial charge in [-0.3, -0.25) is 5.43 Å². The average molecular weight is 312 g/mol. The number of aromatic nitrogens is 3. The van der Waals surface area contributed by atoms with Crippen molar-refractivity contribution in [3.63, 3.8) is 0 Å². The number of imidazole rings is 1. The fourth-order valence-corrected chi connectivity index (χ4v) is 3.04. The fourth-order valence-electron chi connectivity index (χ4n) is 3.04. The zero-order chi connectivity index (χ0) is 15.4. The van der Waals surface area contributed by atoms with E-state index in [1.165, 1.54) is 25.7 Å². The van der Waals surface area contributed by atoms with Crippen molar-refractivity contribution in [1.82, 2.24) is 24.9 Å². The molecule has 118 valence electrons. The third-order valence-corrected chi connectivity index (χ3v) is 4.64. The van der Waals surface area contributed by atoms with E-state index in [1.807, 2.05) is 12.3 Å². The first-order chi connectivity index (χ1) is 11.3. The molecule has 2 aromatic heterocycles. The van der Waals surface area contributed by atoms with Gasteiger partial charge in [0.05, 0.1) is 12.0 Å². The molecule has 0 aromatic carbocycles. The standard InChI is InChI=1S/C16H17FN6/c17-15-14(22-7-13(19-8-22)10-1-2-10)5-11(6-18-15)16-21-20-9-23(16)12-3-4-12/h5-8,10,12,20H,1-4,9H2. The van der Waals surface area contributed by atoms with Crippen LogP contribution in [-0.4, -0.2) is 38.0 Å². The third-order valence-electron chi connectivity index (χ3n) is 4.64. The Morgan fingerprint density at radius 1 is 1.17 bits per heavy atom. The van der Waals surface area contributed by atoms with Crippen LogP contribution in [0.2, 0.25) is 0 Å². The predicted molar refractivity (Wildman–Crippen MR) is 82.7 cm³/mol. The maximum absolute atomic E-state index is 14.2. The summed E-state index contributed by atoms with van der Waals surface area (Å²) < 4.78 is 15.9. The van der Waals surface area contributed by atoms with Crippen LogP contribution >= 0.6 is 0 Å². The van der Waals surface area contributed by atoms with Crippen molar-refractivity contribution in [1.29, 1.82) is 0 Å². The molecule has 0 spiro atoms. The maximum Gasteiger partial charge on any atom is 0.237 e. The van der Waals surface area contributed by atoms with Gasteiger partial charge in [0.1, 0.15) is 12.4 Å². The molecule has 1 aliphatic heterocycles. The van der Waals surface area contributed by atoms with Gasteiger partial charge in [0, 0.05) is 29.9 Å². The molecule has 0 atom stereocenters. The lowest BCUT2D eigenvalue weighted by Gasteiger charge is -2.18. The highest BCUT2D eigenvalue weighted by molar-refractivity contribution is 5.99. The lowest BCUT2D eigenvalue weighted by atomic mass is 10.2. The van der Waals surface area contributed by atoms with E-state index in [1.54, 1.807) is 17.1 Å². The van der Waals surface area contributed by atoms with Crippen molar-refractivity contribution < 1.29 is 4.39 Å². The van der Waals surface area contributed by atoms with Gasteiger partial charge in [-0.15, -0.1) is 0 Å². The molecule has 2 saturated carbocycles. The zero-order valence-electron chi connectivity index (χ0n) is 12.6. The molecule has 0 amide bonds. The van der Waals surface area contributed by atoms with Crippen LogP contribution in [-0.2, 0) is 0 Å². The molecule has 1 N–H and O–H groups in total. The Kier molecular flexibility index (Phi) is 2.71. The van der Waals surface area contributed by atoms with Crippen molar-refractivity contribution in [2.75, 3.05) is 6.67 Å². The number of rotatable bonds is 4. The summed E-state index contributed by atoms with van der Waals surface area (Å²) in [5, 5.41) is 4.36. The number of nitrogens with zero attached hydrogens (tertiary/aromatic N) is 5. The molecule has 2 aromatic rings. The van der Waals surface area contributed by atoms with Gasteiger partial charge in [-0.2, -0.15) is 9.49 Å². The zero-order valence-corrected chi connectivity index (χ0v) is 12.6. The van der Waals surface area contributed by atoms with Crippen LogP contribution < -0.4 is 5.43 Å². The first-order valence-corrected chi connectivity index (χ1v) is 8.07. The Bertz CT molecular complexity index is 790. The average Bonchev–Trinajstić information content (AvgIpc) is 3.50. The second-order valence-electron chi connectivity index (χ2n) is 6.47. The molecule has 3 aliphatic rings. The maximum atomic E-state index is 14.2. The number of pyridine rings is 1. The summed E-state index contributed by atoms with van der Waals surface area (Å²) in [7, 11) is 0. The highest BCUT2D eigenvalue weighted by Gasteiger charge is 2.34. The van der Waals surface area contributed by atoms with Gasteiger partial charge in [0.2, 0.25) is 5.95 Å². The molecule has 0 bridgehead atoms. The minimum Gasteiger partial charge on any atom is -0.333 e. The van der Waals surface area contributed by atoms with E-state index in [2.05, 4.69) is 25.4 Å². The van der Waals surface area contributed by atoms with E-state index in [-0.39, 0.29) is 0 Å². The van der Waals surface area contributed by atoms with Crippen LogP contribution in [0, 0.1) is 5.95 Å². The number of hydrazone groups is 1. The molecule has 23 heavy (non-hydrogen) atoms. The number of nitrogens with one attached hydrogen (secondary N) is 1. The number of amidine groups is 1. The molecule has 0 radical (unpaired) electrons. The van der Waals surface area contributed by atoms with Gasteiger partial charge in [0.15, 0.2) is 5.84 Å². The molecule has 0 saturated heterocycles. The quantitative estimate of drug-likeness (QED) is 0.877. The van der Waals surface area contributed by atoms with E-state index >= 15 is 0 Å². The number of hydrogen-bond donors (Lipinski definition) is 1. The highest BCUT2D eigenvalue weighted by atomic mass is 19.1. The summed E-state index contributed by atoms with van der Waals surface area (Å²) >= 11 is 0. The smallest absolute Gasteiger partial charge is 0.237 e. The summed E-state index contributed by atoms with van der Waals surface area (Å²) in [5.41, 5.74) is 5.31. The van der Waals surface area contributed by atoms with Gasteiger partial charge in [0.25, 0.3) is 0 Å². The molecule has 0 unspecified atom stereocenters. The normalized spacial score (nSPS) is 20.6. The predicted octanol–water partition coefficient (Wildman–Crippen LogP) is 1.97. The van der Waals surface area contributed by atoms with Gasteiger partial charge >= 0.3 is 0 Å². The Morgan fingerprint density at radius 3 is 2.83 bits per heavy atom. The second-order valence-corrected chi connectivity index (χ2v) is 6.47. The fraction of sp³-hybridized carbons (Fsp3) is 0.438. The molecular formula is C16H17FN6. The molecular weight excluding hydrogens is 295 g/mol. The van der Waals surface area contributed by atoms with Gasteiger partial charge < -0.3 is 9.47 Å². The first-order valence-electron chi connectivity index (χ1n) is 8.07. The highest BCUT2D eigenvalue weighted by Crippen LogP contribution is 2.39. The van der Waals surface area contributed by atoms with Crippen molar-refractivity contribution in [2.45, 2.75) is 37.6 Å². The van der Waals surface area contributed by atoms with Crippen LogP contribution in [0.1, 0.15) is 42.9 Å². The lowest BCUT2D eigenvalue weighted by Crippen LogP contribution is -2.32. The van der Waals surface area contributed by atoms with E-state index in [0.717, 1.165) is 17.1 Å². The Hall–Kier alpha value is -2.44.